The van der Waals surface area contributed by atoms with E-state index in [2.05, 4.69) is 15.3 Å². The second kappa shape index (κ2) is 6.58. The van der Waals surface area contributed by atoms with Gasteiger partial charge in [0, 0.05) is 31.4 Å². The van der Waals surface area contributed by atoms with E-state index in [0.717, 1.165) is 21.3 Å². The van der Waals surface area contributed by atoms with Crippen LogP contribution in [0.3, 0.4) is 0 Å². The molecule has 0 aliphatic rings. The Morgan fingerprint density at radius 1 is 1.32 bits per heavy atom. The SMILES string of the molecule is CNc1nc2c(Cc3cccnc3)c(C)c(OS(=O)(=O)[O-])c(C)c2s1. The number of rotatable bonds is 5. The molecule has 9 heteroatoms. The van der Waals surface area contributed by atoms with Gasteiger partial charge >= 0.3 is 0 Å². The first-order valence-electron chi connectivity index (χ1n) is 7.44. The average Bonchev–Trinajstić information content (AvgIpc) is 3.00. The largest absolute Gasteiger partial charge is 0.716 e. The molecule has 0 atom stereocenters. The Balaban J connectivity index is 2.27. The number of hydrogen-bond donors (Lipinski definition) is 1. The monoisotopic (exact) mass is 378 g/mol. The number of nitrogens with one attached hydrogen (secondary N) is 1. The highest BCUT2D eigenvalue weighted by molar-refractivity contribution is 7.81. The molecular weight excluding hydrogens is 362 g/mol. The lowest BCUT2D eigenvalue weighted by Gasteiger charge is -2.17. The van der Waals surface area contributed by atoms with Crippen LogP contribution in [0.25, 0.3) is 10.2 Å². The van der Waals surface area contributed by atoms with Crippen molar-refractivity contribution < 1.29 is 17.2 Å². The number of aryl methyl sites for hydroxylation is 1. The summed E-state index contributed by atoms with van der Waals surface area (Å²) in [7, 11) is -3.11. The zero-order chi connectivity index (χ0) is 18.2. The first kappa shape index (κ1) is 17.6. The molecule has 0 aliphatic carbocycles. The molecule has 2 heterocycles. The van der Waals surface area contributed by atoms with Gasteiger partial charge in [-0.1, -0.05) is 17.4 Å². The van der Waals surface area contributed by atoms with Gasteiger partial charge in [-0.25, -0.2) is 13.4 Å². The summed E-state index contributed by atoms with van der Waals surface area (Å²) in [5.74, 6) is 0.0766. The summed E-state index contributed by atoms with van der Waals surface area (Å²) in [6.45, 7) is 3.46. The van der Waals surface area contributed by atoms with Crippen LogP contribution in [0.4, 0.5) is 5.13 Å². The summed E-state index contributed by atoms with van der Waals surface area (Å²) in [6, 6.07) is 3.75. The molecule has 0 saturated heterocycles. The number of thiazole rings is 1. The van der Waals surface area contributed by atoms with Crippen molar-refractivity contribution in [2.45, 2.75) is 20.3 Å². The van der Waals surface area contributed by atoms with Gasteiger partial charge in [-0.3, -0.25) is 4.98 Å². The minimum Gasteiger partial charge on any atom is -0.716 e. The maximum Gasteiger partial charge on any atom is 0.262 e. The van der Waals surface area contributed by atoms with E-state index in [-0.39, 0.29) is 5.75 Å². The van der Waals surface area contributed by atoms with Gasteiger partial charge < -0.3 is 14.1 Å². The number of hydrogen-bond acceptors (Lipinski definition) is 8. The molecule has 3 aromatic rings. The van der Waals surface area contributed by atoms with Gasteiger partial charge in [-0.05, 0) is 36.6 Å². The maximum atomic E-state index is 11.2. The van der Waals surface area contributed by atoms with Crippen molar-refractivity contribution in [2.24, 2.45) is 0 Å². The van der Waals surface area contributed by atoms with E-state index in [1.807, 2.05) is 12.1 Å². The molecule has 0 unspecified atom stereocenters. The summed E-state index contributed by atoms with van der Waals surface area (Å²) >= 11 is 1.38. The third-order valence-corrected chi connectivity index (χ3v) is 5.45. The van der Waals surface area contributed by atoms with Crippen LogP contribution in [-0.2, 0) is 16.8 Å². The Bertz CT molecular complexity index is 1030. The highest BCUT2D eigenvalue weighted by atomic mass is 32.3. The normalized spacial score (nSPS) is 11.7. The van der Waals surface area contributed by atoms with E-state index in [9.17, 15) is 13.0 Å². The number of pyridine rings is 1. The van der Waals surface area contributed by atoms with Crippen molar-refractivity contribution in [2.75, 3.05) is 12.4 Å². The summed E-state index contributed by atoms with van der Waals surface area (Å²) in [4.78, 5) is 8.69. The van der Waals surface area contributed by atoms with Crippen LogP contribution in [0.5, 0.6) is 5.75 Å². The van der Waals surface area contributed by atoms with Crippen LogP contribution in [-0.4, -0.2) is 30.0 Å². The molecule has 0 spiro atoms. The summed E-state index contributed by atoms with van der Waals surface area (Å²) in [6.07, 6.45) is 3.92. The molecule has 132 valence electrons. The lowest BCUT2D eigenvalue weighted by atomic mass is 9.97. The summed E-state index contributed by atoms with van der Waals surface area (Å²) in [5, 5.41) is 3.70. The molecular formula is C16H16N3O4S2-. The molecule has 0 bridgehead atoms. The molecule has 1 N–H and O–H groups in total. The fourth-order valence-electron chi connectivity index (χ4n) is 2.73. The van der Waals surface area contributed by atoms with Crippen molar-refractivity contribution in [1.82, 2.24) is 9.97 Å². The van der Waals surface area contributed by atoms with Gasteiger partial charge in [-0.2, -0.15) is 0 Å². The Labute approximate surface area is 149 Å². The van der Waals surface area contributed by atoms with E-state index in [4.69, 9.17) is 4.18 Å². The third-order valence-electron chi connectivity index (χ3n) is 3.89. The van der Waals surface area contributed by atoms with E-state index >= 15 is 0 Å². The number of aromatic nitrogens is 2. The Hall–Kier alpha value is -2.23. The van der Waals surface area contributed by atoms with Crippen LogP contribution < -0.4 is 9.50 Å². The Morgan fingerprint density at radius 3 is 2.68 bits per heavy atom. The van der Waals surface area contributed by atoms with Gasteiger partial charge in [0.15, 0.2) is 5.13 Å². The highest BCUT2D eigenvalue weighted by Crippen LogP contribution is 2.40. The van der Waals surface area contributed by atoms with Crippen LogP contribution in [0, 0.1) is 13.8 Å². The molecule has 0 fully saturated rings. The van der Waals surface area contributed by atoms with Gasteiger partial charge in [0.1, 0.15) is 5.75 Å². The lowest BCUT2D eigenvalue weighted by molar-refractivity contribution is 0.370. The zero-order valence-electron chi connectivity index (χ0n) is 13.9. The number of fused-ring (bicyclic) bond motifs is 1. The van der Waals surface area contributed by atoms with Crippen LogP contribution >= 0.6 is 11.3 Å². The molecule has 0 amide bonds. The fourth-order valence-corrected chi connectivity index (χ4v) is 4.13. The predicted octanol–water partition coefficient (Wildman–Crippen LogP) is 2.78. The predicted molar refractivity (Wildman–Crippen MR) is 96.0 cm³/mol. The van der Waals surface area contributed by atoms with Gasteiger partial charge in [0.05, 0.1) is 10.2 Å². The summed E-state index contributed by atoms with van der Waals surface area (Å²) < 4.78 is 39.0. The molecule has 2 aromatic heterocycles. The number of anilines is 1. The molecule has 7 nitrogen and oxygen atoms in total. The van der Waals surface area contributed by atoms with Crippen molar-refractivity contribution >= 4 is 37.1 Å². The van der Waals surface area contributed by atoms with Crippen LogP contribution in [0.1, 0.15) is 22.3 Å². The quantitative estimate of drug-likeness (QED) is 0.538. The molecule has 0 saturated carbocycles. The Morgan fingerprint density at radius 2 is 2.08 bits per heavy atom. The molecule has 3 rings (SSSR count). The van der Waals surface area contributed by atoms with Crippen LogP contribution in [0.15, 0.2) is 24.5 Å². The van der Waals surface area contributed by atoms with Crippen LogP contribution in [0.2, 0.25) is 0 Å². The number of benzene rings is 1. The smallest absolute Gasteiger partial charge is 0.262 e. The van der Waals surface area contributed by atoms with Gasteiger partial charge in [0.25, 0.3) is 10.4 Å². The topological polar surface area (TPSA) is 104 Å². The standard InChI is InChI=1S/C16H17N3O4S2/c1-9-12(7-11-5-4-6-18-8-11)13-15(24-16(17-3)19-13)10(2)14(9)23-25(20,21)22/h4-6,8H,7H2,1-3H3,(H,17,19)(H,20,21,22)/p-1. The van der Waals surface area contributed by atoms with Crippen molar-refractivity contribution in [3.8, 4) is 5.75 Å². The second-order valence-corrected chi connectivity index (χ2v) is 7.52. The van der Waals surface area contributed by atoms with Crippen molar-refractivity contribution in [3.63, 3.8) is 0 Å². The fraction of sp³-hybridized carbons (Fsp3) is 0.250. The van der Waals surface area contributed by atoms with Crippen molar-refractivity contribution in [1.29, 1.82) is 0 Å². The van der Waals surface area contributed by atoms with E-state index in [1.54, 1.807) is 33.3 Å². The molecule has 1 aromatic carbocycles. The first-order chi connectivity index (χ1) is 11.8. The molecule has 25 heavy (non-hydrogen) atoms. The lowest BCUT2D eigenvalue weighted by Crippen LogP contribution is -2.10. The minimum atomic E-state index is -4.87. The van der Waals surface area contributed by atoms with Gasteiger partial charge in [-0.15, -0.1) is 0 Å². The Kier molecular flexibility index (Phi) is 4.63. The third kappa shape index (κ3) is 3.58. The summed E-state index contributed by atoms with van der Waals surface area (Å²) in [5.41, 5.74) is 3.70. The first-order valence-corrected chi connectivity index (χ1v) is 9.59. The van der Waals surface area contributed by atoms with Crippen molar-refractivity contribution in [3.05, 3.63) is 46.8 Å². The second-order valence-electron chi connectivity index (χ2n) is 5.53. The van der Waals surface area contributed by atoms with E-state index < -0.39 is 10.4 Å². The van der Waals surface area contributed by atoms with E-state index in [0.29, 0.717) is 22.7 Å². The van der Waals surface area contributed by atoms with E-state index in [1.165, 1.54) is 11.3 Å². The van der Waals surface area contributed by atoms with Gasteiger partial charge in [0.2, 0.25) is 0 Å². The highest BCUT2D eigenvalue weighted by Gasteiger charge is 2.21. The maximum absolute atomic E-state index is 11.2. The zero-order valence-corrected chi connectivity index (χ0v) is 15.5. The number of nitrogens with zero attached hydrogens (tertiary/aromatic N) is 2. The molecule has 0 aliphatic heterocycles. The minimum absolute atomic E-state index is 0.0766. The average molecular weight is 378 g/mol. The molecule has 0 radical (unpaired) electrons.